The van der Waals surface area contributed by atoms with Crippen molar-refractivity contribution >= 4 is 10.0 Å². The Morgan fingerprint density at radius 3 is 3.00 bits per heavy atom. The zero-order chi connectivity index (χ0) is 15.5. The van der Waals surface area contributed by atoms with E-state index >= 15 is 0 Å². The molecule has 2 atom stereocenters. The van der Waals surface area contributed by atoms with Crippen molar-refractivity contribution in [2.45, 2.75) is 37.8 Å². The zero-order valence-corrected chi connectivity index (χ0v) is 13.2. The molecule has 1 N–H and O–H groups in total. The van der Waals surface area contributed by atoms with Crippen molar-refractivity contribution in [3.63, 3.8) is 0 Å². The highest BCUT2D eigenvalue weighted by molar-refractivity contribution is 7.89. The molecule has 1 aromatic rings. The van der Waals surface area contributed by atoms with E-state index < -0.39 is 20.9 Å². The molecule has 0 radical (unpaired) electrons. The van der Waals surface area contributed by atoms with Crippen LogP contribution >= 0.6 is 0 Å². The lowest BCUT2D eigenvalue weighted by molar-refractivity contribution is 0.224. The van der Waals surface area contributed by atoms with Gasteiger partial charge < -0.3 is 5.32 Å². The number of aromatic nitrogens is 1. The summed E-state index contributed by atoms with van der Waals surface area (Å²) in [4.78, 5) is 3.71. The van der Waals surface area contributed by atoms with Crippen molar-refractivity contribution in [1.29, 1.82) is 0 Å². The molecule has 21 heavy (non-hydrogen) atoms. The van der Waals surface area contributed by atoms with Crippen molar-refractivity contribution in [1.82, 2.24) is 14.6 Å². The Hall–Kier alpha value is -1.05. The summed E-state index contributed by atoms with van der Waals surface area (Å²) in [5.41, 5.74) is 0. The van der Waals surface area contributed by atoms with Gasteiger partial charge in [0.2, 0.25) is 5.03 Å². The first-order valence-corrected chi connectivity index (χ1v) is 8.75. The maximum absolute atomic E-state index is 13.7. The van der Waals surface area contributed by atoms with Gasteiger partial charge in [-0.05, 0) is 44.4 Å². The number of sulfonamides is 1. The predicted octanol–water partition coefficient (Wildman–Crippen LogP) is 1.62. The number of hydrogen-bond donors (Lipinski definition) is 1. The first kappa shape index (κ1) is 16.3. The minimum absolute atomic E-state index is 0.236. The molecular formula is C14H22FN3O2S. The summed E-state index contributed by atoms with van der Waals surface area (Å²) < 4.78 is 40.2. The number of nitrogens with one attached hydrogen (secondary N) is 1. The standard InChI is InChI=1S/C14H22FN3O2S/c1-3-16-11(2)12-6-5-9-18(10-12)21(19,20)14-13(15)7-4-8-17-14/h4,7-8,11-12,16H,3,5-6,9-10H2,1-2H3. The van der Waals surface area contributed by atoms with E-state index in [1.807, 2.05) is 6.92 Å². The lowest BCUT2D eigenvalue weighted by atomic mass is 9.93. The second-order valence-corrected chi connectivity index (χ2v) is 7.26. The summed E-state index contributed by atoms with van der Waals surface area (Å²) in [6.07, 6.45) is 3.07. The minimum Gasteiger partial charge on any atom is -0.314 e. The van der Waals surface area contributed by atoms with Crippen molar-refractivity contribution < 1.29 is 12.8 Å². The third kappa shape index (κ3) is 3.59. The average Bonchev–Trinajstić information content (AvgIpc) is 2.48. The Balaban J connectivity index is 2.19. The van der Waals surface area contributed by atoms with E-state index in [1.54, 1.807) is 0 Å². The van der Waals surface area contributed by atoms with Gasteiger partial charge in [0.15, 0.2) is 5.82 Å². The molecule has 1 aliphatic heterocycles. The van der Waals surface area contributed by atoms with Gasteiger partial charge in [-0.1, -0.05) is 6.92 Å². The van der Waals surface area contributed by atoms with Crippen LogP contribution in [-0.2, 0) is 10.0 Å². The van der Waals surface area contributed by atoms with Crippen molar-refractivity contribution in [2.75, 3.05) is 19.6 Å². The number of halogens is 1. The van der Waals surface area contributed by atoms with E-state index in [2.05, 4.69) is 17.2 Å². The van der Waals surface area contributed by atoms with E-state index in [0.717, 1.165) is 25.5 Å². The first-order chi connectivity index (χ1) is 9.96. The lowest BCUT2D eigenvalue weighted by Crippen LogP contribution is -2.46. The van der Waals surface area contributed by atoms with Gasteiger partial charge in [-0.25, -0.2) is 17.8 Å². The maximum atomic E-state index is 13.7. The van der Waals surface area contributed by atoms with E-state index in [-0.39, 0.29) is 12.0 Å². The first-order valence-electron chi connectivity index (χ1n) is 7.31. The molecule has 1 aromatic heterocycles. The Labute approximate surface area is 125 Å². The molecule has 0 spiro atoms. The lowest BCUT2D eigenvalue weighted by Gasteiger charge is -2.35. The molecule has 5 nitrogen and oxygen atoms in total. The molecule has 1 fully saturated rings. The van der Waals surface area contributed by atoms with Gasteiger partial charge in [-0.15, -0.1) is 0 Å². The average molecular weight is 315 g/mol. The van der Waals surface area contributed by atoms with Gasteiger partial charge in [-0.2, -0.15) is 4.31 Å². The minimum atomic E-state index is -3.85. The Kier molecular flexibility index (Phi) is 5.29. The molecule has 0 amide bonds. The normalized spacial score (nSPS) is 22.1. The van der Waals surface area contributed by atoms with Crippen LogP contribution < -0.4 is 5.32 Å². The summed E-state index contributed by atoms with van der Waals surface area (Å²) in [6.45, 7) is 5.77. The van der Waals surface area contributed by atoms with Crippen LogP contribution in [0.1, 0.15) is 26.7 Å². The van der Waals surface area contributed by atoms with Crippen molar-refractivity contribution in [2.24, 2.45) is 5.92 Å². The quantitative estimate of drug-likeness (QED) is 0.897. The highest BCUT2D eigenvalue weighted by Gasteiger charge is 2.34. The van der Waals surface area contributed by atoms with Crippen molar-refractivity contribution in [3.05, 3.63) is 24.1 Å². The van der Waals surface area contributed by atoms with Gasteiger partial charge in [0.05, 0.1) is 0 Å². The summed E-state index contributed by atoms with van der Waals surface area (Å²) in [7, 11) is -3.85. The van der Waals surface area contributed by atoms with Crippen LogP contribution in [0.5, 0.6) is 0 Å². The molecule has 0 saturated carbocycles. The van der Waals surface area contributed by atoms with Gasteiger partial charge in [-0.3, -0.25) is 0 Å². The molecule has 2 heterocycles. The second-order valence-electron chi connectivity index (χ2n) is 5.40. The third-order valence-electron chi connectivity index (χ3n) is 3.96. The number of hydrogen-bond acceptors (Lipinski definition) is 4. The second kappa shape index (κ2) is 6.81. The number of pyridine rings is 1. The third-order valence-corrected chi connectivity index (χ3v) is 5.76. The van der Waals surface area contributed by atoms with Crippen LogP contribution in [0.2, 0.25) is 0 Å². The molecule has 1 aliphatic rings. The maximum Gasteiger partial charge on any atom is 0.263 e. The SMILES string of the molecule is CCNC(C)C1CCCN(S(=O)(=O)c2ncccc2F)C1. The smallest absolute Gasteiger partial charge is 0.263 e. The highest BCUT2D eigenvalue weighted by Crippen LogP contribution is 2.25. The van der Waals surface area contributed by atoms with E-state index in [4.69, 9.17) is 0 Å². The fourth-order valence-corrected chi connectivity index (χ4v) is 4.28. The van der Waals surface area contributed by atoms with Gasteiger partial charge in [0, 0.05) is 25.3 Å². The Morgan fingerprint density at radius 2 is 2.33 bits per heavy atom. The largest absolute Gasteiger partial charge is 0.314 e. The van der Waals surface area contributed by atoms with Crippen LogP contribution in [0.4, 0.5) is 4.39 Å². The van der Waals surface area contributed by atoms with Crippen LogP contribution in [0.3, 0.4) is 0 Å². The molecule has 1 saturated heterocycles. The van der Waals surface area contributed by atoms with Gasteiger partial charge in [0.25, 0.3) is 10.0 Å². The molecule has 2 unspecified atom stereocenters. The molecule has 0 bridgehead atoms. The molecule has 7 heteroatoms. The molecule has 2 rings (SSSR count). The molecule has 118 valence electrons. The highest BCUT2D eigenvalue weighted by atomic mass is 32.2. The number of rotatable bonds is 5. The zero-order valence-electron chi connectivity index (χ0n) is 12.4. The monoisotopic (exact) mass is 315 g/mol. The van der Waals surface area contributed by atoms with E-state index in [1.165, 1.54) is 16.6 Å². The van der Waals surface area contributed by atoms with Crippen LogP contribution in [-0.4, -0.2) is 43.4 Å². The summed E-state index contributed by atoms with van der Waals surface area (Å²) >= 11 is 0. The van der Waals surface area contributed by atoms with Crippen LogP contribution in [0.15, 0.2) is 23.4 Å². The fourth-order valence-electron chi connectivity index (χ4n) is 2.77. The molecule has 0 aliphatic carbocycles. The van der Waals surface area contributed by atoms with Crippen molar-refractivity contribution in [3.8, 4) is 0 Å². The van der Waals surface area contributed by atoms with Gasteiger partial charge >= 0.3 is 0 Å². The summed E-state index contributed by atoms with van der Waals surface area (Å²) in [6, 6.07) is 2.75. The Bertz CT molecular complexity index is 579. The predicted molar refractivity (Wildman–Crippen MR) is 78.8 cm³/mol. The number of nitrogens with zero attached hydrogens (tertiary/aromatic N) is 2. The topological polar surface area (TPSA) is 62.3 Å². The van der Waals surface area contributed by atoms with Crippen LogP contribution in [0, 0.1) is 11.7 Å². The Morgan fingerprint density at radius 1 is 1.57 bits per heavy atom. The van der Waals surface area contributed by atoms with E-state index in [0.29, 0.717) is 13.1 Å². The van der Waals surface area contributed by atoms with Gasteiger partial charge in [0.1, 0.15) is 0 Å². The molecule has 0 aromatic carbocycles. The van der Waals surface area contributed by atoms with E-state index in [9.17, 15) is 12.8 Å². The summed E-state index contributed by atoms with van der Waals surface area (Å²) in [5, 5.41) is 2.86. The molecular weight excluding hydrogens is 293 g/mol. The van der Waals surface area contributed by atoms with Crippen LogP contribution in [0.25, 0.3) is 0 Å². The number of piperidine rings is 1. The summed E-state index contributed by atoms with van der Waals surface area (Å²) in [5.74, 6) is -0.556. The fraction of sp³-hybridized carbons (Fsp3) is 0.643.